The average molecular weight is 260 g/mol. The molecule has 104 valence electrons. The molecule has 0 atom stereocenters. The van der Waals surface area contributed by atoms with Gasteiger partial charge in [-0.2, -0.15) is 0 Å². The summed E-state index contributed by atoms with van der Waals surface area (Å²) in [5.41, 5.74) is 2.27. The van der Waals surface area contributed by atoms with E-state index in [1.54, 1.807) is 0 Å². The molecule has 1 fully saturated rings. The van der Waals surface area contributed by atoms with Crippen LogP contribution in [0.1, 0.15) is 44.2 Å². The van der Waals surface area contributed by atoms with Crippen molar-refractivity contribution < 1.29 is 9.84 Å². The standard InChI is InChI=1S/C17H24O2/c1-12(2)15-10-17(18,11-15)7-5-13-3-4-16-14(9-13)6-8-19-16/h3-4,9,12,15,18H,5-8,10-11H2,1-2H3. The summed E-state index contributed by atoms with van der Waals surface area (Å²) in [4.78, 5) is 0. The zero-order valence-electron chi connectivity index (χ0n) is 12.0. The van der Waals surface area contributed by atoms with Gasteiger partial charge in [0.05, 0.1) is 12.2 Å². The Morgan fingerprint density at radius 3 is 2.89 bits per heavy atom. The van der Waals surface area contributed by atoms with Crippen molar-refractivity contribution in [3.8, 4) is 5.75 Å². The van der Waals surface area contributed by atoms with Gasteiger partial charge in [0.25, 0.3) is 0 Å². The first-order chi connectivity index (χ1) is 9.06. The molecular weight excluding hydrogens is 236 g/mol. The molecule has 0 radical (unpaired) electrons. The smallest absolute Gasteiger partial charge is 0.122 e. The second-order valence-corrected chi connectivity index (χ2v) is 6.68. The number of aliphatic hydroxyl groups is 1. The van der Waals surface area contributed by atoms with Gasteiger partial charge < -0.3 is 9.84 Å². The van der Waals surface area contributed by atoms with Crippen molar-refractivity contribution in [3.63, 3.8) is 0 Å². The first-order valence-corrected chi connectivity index (χ1v) is 7.53. The lowest BCUT2D eigenvalue weighted by Gasteiger charge is -2.46. The number of hydrogen-bond donors (Lipinski definition) is 1. The zero-order chi connectivity index (χ0) is 13.5. The molecule has 2 heteroatoms. The molecule has 0 amide bonds. The van der Waals surface area contributed by atoms with Gasteiger partial charge in [-0.25, -0.2) is 0 Å². The fourth-order valence-electron chi connectivity index (χ4n) is 3.36. The van der Waals surface area contributed by atoms with E-state index < -0.39 is 5.60 Å². The Labute approximate surface area is 115 Å². The van der Waals surface area contributed by atoms with Gasteiger partial charge in [0, 0.05) is 6.42 Å². The normalized spacial score (nSPS) is 28.9. The van der Waals surface area contributed by atoms with Crippen LogP contribution in [0.15, 0.2) is 18.2 Å². The summed E-state index contributed by atoms with van der Waals surface area (Å²) in [6, 6.07) is 6.48. The van der Waals surface area contributed by atoms with Crippen LogP contribution in [-0.4, -0.2) is 17.3 Å². The van der Waals surface area contributed by atoms with Gasteiger partial charge in [-0.05, 0) is 54.7 Å². The van der Waals surface area contributed by atoms with Crippen LogP contribution < -0.4 is 4.74 Å². The largest absolute Gasteiger partial charge is 0.493 e. The number of aryl methyl sites for hydroxylation is 1. The van der Waals surface area contributed by atoms with Crippen molar-refractivity contribution in [1.82, 2.24) is 0 Å². The lowest BCUT2D eigenvalue weighted by atomic mass is 9.64. The number of hydrogen-bond acceptors (Lipinski definition) is 2. The van der Waals surface area contributed by atoms with E-state index in [1.807, 2.05) is 0 Å². The van der Waals surface area contributed by atoms with Crippen molar-refractivity contribution in [2.75, 3.05) is 6.61 Å². The summed E-state index contributed by atoms with van der Waals surface area (Å²) in [5.74, 6) is 2.47. The van der Waals surface area contributed by atoms with Crippen molar-refractivity contribution in [2.45, 2.75) is 51.6 Å². The highest BCUT2D eigenvalue weighted by atomic mass is 16.5. The number of fused-ring (bicyclic) bond motifs is 1. The topological polar surface area (TPSA) is 29.5 Å². The molecule has 1 aliphatic carbocycles. The van der Waals surface area contributed by atoms with Crippen LogP contribution in [0.25, 0.3) is 0 Å². The molecule has 0 unspecified atom stereocenters. The minimum Gasteiger partial charge on any atom is -0.493 e. The van der Waals surface area contributed by atoms with Crippen molar-refractivity contribution in [3.05, 3.63) is 29.3 Å². The Kier molecular flexibility index (Phi) is 3.30. The van der Waals surface area contributed by atoms with Gasteiger partial charge in [-0.1, -0.05) is 26.0 Å². The summed E-state index contributed by atoms with van der Waals surface area (Å²) in [6.45, 7) is 5.33. The molecule has 2 nitrogen and oxygen atoms in total. The highest BCUT2D eigenvalue weighted by Gasteiger charge is 2.42. The van der Waals surface area contributed by atoms with Crippen LogP contribution in [0, 0.1) is 11.8 Å². The van der Waals surface area contributed by atoms with E-state index in [0.29, 0.717) is 5.92 Å². The Morgan fingerprint density at radius 1 is 1.37 bits per heavy atom. The Bertz CT molecular complexity index is 458. The van der Waals surface area contributed by atoms with Crippen molar-refractivity contribution in [1.29, 1.82) is 0 Å². The Balaban J connectivity index is 1.56. The first-order valence-electron chi connectivity index (χ1n) is 7.53. The second kappa shape index (κ2) is 4.82. The fourth-order valence-corrected chi connectivity index (χ4v) is 3.36. The van der Waals surface area contributed by atoms with Crippen LogP contribution in [-0.2, 0) is 12.8 Å². The zero-order valence-corrected chi connectivity index (χ0v) is 12.0. The minimum atomic E-state index is -0.398. The fraction of sp³-hybridized carbons (Fsp3) is 0.647. The summed E-state index contributed by atoms with van der Waals surface area (Å²) in [6.07, 6.45) is 4.88. The molecule has 2 aliphatic rings. The van der Waals surface area contributed by atoms with E-state index in [-0.39, 0.29) is 0 Å². The summed E-state index contributed by atoms with van der Waals surface area (Å²) in [7, 11) is 0. The molecule has 0 saturated heterocycles. The third-order valence-electron chi connectivity index (χ3n) is 4.86. The number of rotatable bonds is 4. The van der Waals surface area contributed by atoms with Gasteiger partial charge >= 0.3 is 0 Å². The molecule has 1 aliphatic heterocycles. The average Bonchev–Trinajstić information content (AvgIpc) is 2.80. The third kappa shape index (κ3) is 2.64. The molecule has 3 rings (SSSR count). The molecule has 0 aromatic heterocycles. The highest BCUT2D eigenvalue weighted by molar-refractivity contribution is 5.39. The summed E-state index contributed by atoms with van der Waals surface area (Å²) < 4.78 is 5.52. The van der Waals surface area contributed by atoms with Gasteiger partial charge in [-0.15, -0.1) is 0 Å². The minimum absolute atomic E-state index is 0.398. The van der Waals surface area contributed by atoms with Crippen LogP contribution in [0.3, 0.4) is 0 Å². The molecule has 1 saturated carbocycles. The number of ether oxygens (including phenoxy) is 1. The van der Waals surface area contributed by atoms with Crippen LogP contribution in [0.2, 0.25) is 0 Å². The van der Waals surface area contributed by atoms with Crippen molar-refractivity contribution >= 4 is 0 Å². The van der Waals surface area contributed by atoms with Crippen molar-refractivity contribution in [2.24, 2.45) is 11.8 Å². The maximum absolute atomic E-state index is 10.5. The Hall–Kier alpha value is -1.02. The lowest BCUT2D eigenvalue weighted by molar-refractivity contribution is -0.0920. The Morgan fingerprint density at radius 2 is 2.16 bits per heavy atom. The quantitative estimate of drug-likeness (QED) is 0.899. The van der Waals surface area contributed by atoms with E-state index >= 15 is 0 Å². The molecule has 1 N–H and O–H groups in total. The van der Waals surface area contributed by atoms with E-state index in [2.05, 4.69) is 32.0 Å². The summed E-state index contributed by atoms with van der Waals surface area (Å²) >= 11 is 0. The predicted molar refractivity (Wildman–Crippen MR) is 76.5 cm³/mol. The van der Waals surface area contributed by atoms with E-state index in [4.69, 9.17) is 4.74 Å². The van der Waals surface area contributed by atoms with E-state index in [9.17, 15) is 5.11 Å². The van der Waals surface area contributed by atoms with E-state index in [1.165, 1.54) is 11.1 Å². The van der Waals surface area contributed by atoms with Crippen LogP contribution in [0.5, 0.6) is 5.75 Å². The molecule has 1 aromatic rings. The first kappa shape index (κ1) is 13.0. The third-order valence-corrected chi connectivity index (χ3v) is 4.86. The molecule has 0 bridgehead atoms. The maximum Gasteiger partial charge on any atom is 0.122 e. The van der Waals surface area contributed by atoms with Gasteiger partial charge in [0.1, 0.15) is 5.75 Å². The van der Waals surface area contributed by atoms with Gasteiger partial charge in [-0.3, -0.25) is 0 Å². The highest BCUT2D eigenvalue weighted by Crippen LogP contribution is 2.44. The van der Waals surface area contributed by atoms with Crippen LogP contribution >= 0.6 is 0 Å². The maximum atomic E-state index is 10.5. The molecule has 19 heavy (non-hydrogen) atoms. The van der Waals surface area contributed by atoms with Crippen LogP contribution in [0.4, 0.5) is 0 Å². The molecule has 1 heterocycles. The monoisotopic (exact) mass is 260 g/mol. The van der Waals surface area contributed by atoms with E-state index in [0.717, 1.165) is 50.4 Å². The second-order valence-electron chi connectivity index (χ2n) is 6.68. The number of benzene rings is 1. The lowest BCUT2D eigenvalue weighted by Crippen LogP contribution is -2.46. The van der Waals surface area contributed by atoms with Gasteiger partial charge in [0.2, 0.25) is 0 Å². The summed E-state index contributed by atoms with van der Waals surface area (Å²) in [5, 5.41) is 10.5. The molecule has 0 spiro atoms. The van der Waals surface area contributed by atoms with Gasteiger partial charge in [0.15, 0.2) is 0 Å². The SMILES string of the molecule is CC(C)C1CC(O)(CCc2ccc3c(c2)CCO3)C1. The molecule has 1 aromatic carbocycles. The predicted octanol–water partition coefficient (Wildman–Crippen LogP) is 3.35. The molecular formula is C17H24O2.